The Bertz CT molecular complexity index is 318. The predicted octanol–water partition coefficient (Wildman–Crippen LogP) is 0.670. The number of nitrogens with two attached hydrogens (primary N) is 1. The fourth-order valence-corrected chi connectivity index (χ4v) is 0.690. The molecular formula is C8H6F2N2. The van der Waals surface area contributed by atoms with Gasteiger partial charge in [0.2, 0.25) is 11.9 Å². The second-order valence-electron chi connectivity index (χ2n) is 2.01. The number of hydrogen-bond donors (Lipinski definition) is 1. The Kier molecular flexibility index (Phi) is 2.72. The fraction of sp³-hybridized carbons (Fsp3) is 0.125. The Labute approximate surface area is 68.4 Å². The van der Waals surface area contributed by atoms with Gasteiger partial charge in [0.15, 0.2) is 0 Å². The number of nitrogens with zero attached hydrogens (tertiary/aromatic N) is 1. The molecule has 0 fully saturated rings. The van der Waals surface area contributed by atoms with Gasteiger partial charge in [-0.25, -0.2) is 0 Å². The molecule has 2 N–H and O–H groups in total. The molecule has 0 spiro atoms. The van der Waals surface area contributed by atoms with Gasteiger partial charge in [-0.05, 0) is 0 Å². The largest absolute Gasteiger partial charge is 0.320 e. The average molecular weight is 168 g/mol. The van der Waals surface area contributed by atoms with E-state index in [2.05, 4.69) is 16.8 Å². The van der Waals surface area contributed by atoms with Gasteiger partial charge in [-0.3, -0.25) is 0 Å². The van der Waals surface area contributed by atoms with Gasteiger partial charge in [0.05, 0.1) is 6.54 Å². The summed E-state index contributed by atoms with van der Waals surface area (Å²) in [5.41, 5.74) is 5.32. The van der Waals surface area contributed by atoms with Gasteiger partial charge in [0.1, 0.15) is 0 Å². The molecule has 0 aliphatic heterocycles. The predicted molar refractivity (Wildman–Crippen MR) is 40.1 cm³/mol. The zero-order chi connectivity index (χ0) is 8.97. The summed E-state index contributed by atoms with van der Waals surface area (Å²) in [5.74, 6) is 3.21. The number of hydrogen-bond acceptors (Lipinski definition) is 2. The van der Waals surface area contributed by atoms with Crippen LogP contribution in [0.5, 0.6) is 0 Å². The Balaban J connectivity index is 3.01. The molecule has 0 radical (unpaired) electrons. The highest BCUT2D eigenvalue weighted by Crippen LogP contribution is 2.01. The number of aromatic nitrogens is 1. The molecule has 0 unspecified atom stereocenters. The maximum absolute atomic E-state index is 12.4. The first-order valence-corrected chi connectivity index (χ1v) is 3.24. The smallest absolute Gasteiger partial charge is 0.216 e. The molecule has 0 aliphatic carbocycles. The minimum atomic E-state index is -0.878. The molecule has 1 aromatic heterocycles. The lowest BCUT2D eigenvalue weighted by molar-refractivity contribution is 0.512. The summed E-state index contributed by atoms with van der Waals surface area (Å²) in [6.45, 7) is 0.158. The summed E-state index contributed by atoms with van der Waals surface area (Å²) in [6.07, 6.45) is 0. The molecule has 0 saturated heterocycles. The summed E-state index contributed by atoms with van der Waals surface area (Å²) in [4.78, 5) is 2.91. The third-order valence-electron chi connectivity index (χ3n) is 1.10. The minimum absolute atomic E-state index is 0.158. The topological polar surface area (TPSA) is 38.9 Å². The van der Waals surface area contributed by atoms with E-state index in [1.807, 2.05) is 0 Å². The van der Waals surface area contributed by atoms with E-state index in [0.29, 0.717) is 0 Å². The molecule has 2 nitrogen and oxygen atoms in total. The van der Waals surface area contributed by atoms with E-state index in [0.717, 1.165) is 12.1 Å². The highest BCUT2D eigenvalue weighted by Gasteiger charge is 1.98. The zero-order valence-electron chi connectivity index (χ0n) is 6.14. The summed E-state index contributed by atoms with van der Waals surface area (Å²) in [7, 11) is 0. The number of pyridine rings is 1. The van der Waals surface area contributed by atoms with Crippen molar-refractivity contribution in [2.75, 3.05) is 6.54 Å². The SMILES string of the molecule is NCC#Cc1cc(F)nc(F)c1. The van der Waals surface area contributed by atoms with Gasteiger partial charge < -0.3 is 5.73 Å². The van der Waals surface area contributed by atoms with E-state index in [9.17, 15) is 8.78 Å². The molecule has 1 rings (SSSR count). The van der Waals surface area contributed by atoms with Crippen LogP contribution in [0.4, 0.5) is 8.78 Å². The van der Waals surface area contributed by atoms with Gasteiger partial charge in [-0.1, -0.05) is 11.8 Å². The van der Waals surface area contributed by atoms with Crippen LogP contribution >= 0.6 is 0 Å². The third kappa shape index (κ3) is 2.29. The molecule has 62 valence electrons. The van der Waals surface area contributed by atoms with Crippen molar-refractivity contribution in [1.29, 1.82) is 0 Å². The first-order valence-electron chi connectivity index (χ1n) is 3.24. The van der Waals surface area contributed by atoms with E-state index < -0.39 is 11.9 Å². The second kappa shape index (κ2) is 3.79. The molecule has 0 aliphatic rings. The maximum Gasteiger partial charge on any atom is 0.216 e. The normalized spacial score (nSPS) is 8.92. The van der Waals surface area contributed by atoms with Crippen molar-refractivity contribution in [3.8, 4) is 11.8 Å². The molecule has 1 aromatic rings. The molecule has 4 heteroatoms. The van der Waals surface area contributed by atoms with Crippen LogP contribution < -0.4 is 5.73 Å². The Hall–Kier alpha value is -1.47. The molecule has 0 saturated carbocycles. The Morgan fingerprint density at radius 3 is 2.42 bits per heavy atom. The van der Waals surface area contributed by atoms with E-state index in [4.69, 9.17) is 5.73 Å². The van der Waals surface area contributed by atoms with E-state index in [-0.39, 0.29) is 12.1 Å². The van der Waals surface area contributed by atoms with E-state index >= 15 is 0 Å². The summed E-state index contributed by atoms with van der Waals surface area (Å²) < 4.78 is 24.8. The number of rotatable bonds is 0. The van der Waals surface area contributed by atoms with Crippen LogP contribution in [0.25, 0.3) is 0 Å². The Morgan fingerprint density at radius 1 is 1.33 bits per heavy atom. The van der Waals surface area contributed by atoms with Crippen molar-refractivity contribution in [2.24, 2.45) is 5.73 Å². The van der Waals surface area contributed by atoms with Crippen molar-refractivity contribution in [3.63, 3.8) is 0 Å². The van der Waals surface area contributed by atoms with Crippen molar-refractivity contribution >= 4 is 0 Å². The molecule has 0 amide bonds. The quantitative estimate of drug-likeness (QED) is 0.456. The van der Waals surface area contributed by atoms with Crippen LogP contribution in [0.15, 0.2) is 12.1 Å². The maximum atomic E-state index is 12.4. The second-order valence-corrected chi connectivity index (χ2v) is 2.01. The van der Waals surface area contributed by atoms with Crippen LogP contribution in [-0.2, 0) is 0 Å². The number of halogens is 2. The zero-order valence-corrected chi connectivity index (χ0v) is 6.14. The van der Waals surface area contributed by atoms with E-state index in [1.54, 1.807) is 0 Å². The van der Waals surface area contributed by atoms with Crippen molar-refractivity contribution < 1.29 is 8.78 Å². The highest BCUT2D eigenvalue weighted by molar-refractivity contribution is 5.32. The van der Waals surface area contributed by atoms with Gasteiger partial charge >= 0.3 is 0 Å². The summed E-state index contributed by atoms with van der Waals surface area (Å²) in [5, 5.41) is 0. The van der Waals surface area contributed by atoms with Gasteiger partial charge in [0.25, 0.3) is 0 Å². The van der Waals surface area contributed by atoms with Crippen LogP contribution in [0.3, 0.4) is 0 Å². The monoisotopic (exact) mass is 168 g/mol. The summed E-state index contributed by atoms with van der Waals surface area (Å²) >= 11 is 0. The standard InChI is InChI=1S/C8H6F2N2/c9-7-4-6(2-1-3-11)5-8(10)12-7/h4-5H,3,11H2. The van der Waals surface area contributed by atoms with Crippen LogP contribution in [0.2, 0.25) is 0 Å². The fourth-order valence-electron chi connectivity index (χ4n) is 0.690. The molecule has 1 heterocycles. The van der Waals surface area contributed by atoms with Gasteiger partial charge in [0, 0.05) is 17.7 Å². The summed E-state index contributed by atoms with van der Waals surface area (Å²) in [6, 6.07) is 2.09. The van der Waals surface area contributed by atoms with Crippen LogP contribution in [-0.4, -0.2) is 11.5 Å². The van der Waals surface area contributed by atoms with E-state index in [1.165, 1.54) is 0 Å². The van der Waals surface area contributed by atoms with Gasteiger partial charge in [-0.2, -0.15) is 13.8 Å². The lowest BCUT2D eigenvalue weighted by atomic mass is 10.3. The molecule has 0 bridgehead atoms. The third-order valence-corrected chi connectivity index (χ3v) is 1.10. The molecular weight excluding hydrogens is 162 g/mol. The molecule has 0 atom stereocenters. The van der Waals surface area contributed by atoms with Crippen LogP contribution in [0, 0.1) is 23.7 Å². The minimum Gasteiger partial charge on any atom is -0.320 e. The first kappa shape index (κ1) is 8.62. The van der Waals surface area contributed by atoms with Gasteiger partial charge in [-0.15, -0.1) is 0 Å². The van der Waals surface area contributed by atoms with Crippen molar-refractivity contribution in [2.45, 2.75) is 0 Å². The lowest BCUT2D eigenvalue weighted by Gasteiger charge is -1.90. The molecule has 0 aromatic carbocycles. The average Bonchev–Trinajstić information content (AvgIpc) is 1.99. The van der Waals surface area contributed by atoms with Crippen molar-refractivity contribution in [1.82, 2.24) is 4.98 Å². The van der Waals surface area contributed by atoms with Crippen LogP contribution in [0.1, 0.15) is 5.56 Å². The Morgan fingerprint density at radius 2 is 1.92 bits per heavy atom. The lowest BCUT2D eigenvalue weighted by Crippen LogP contribution is -1.94. The highest BCUT2D eigenvalue weighted by atomic mass is 19.1. The van der Waals surface area contributed by atoms with Crippen molar-refractivity contribution in [3.05, 3.63) is 29.6 Å². The first-order chi connectivity index (χ1) is 5.72. The molecule has 12 heavy (non-hydrogen) atoms.